The van der Waals surface area contributed by atoms with Gasteiger partial charge in [0.25, 0.3) is 5.95 Å². The van der Waals surface area contributed by atoms with Crippen molar-refractivity contribution in [3.05, 3.63) is 12.5 Å². The third-order valence-electron chi connectivity index (χ3n) is 1.39. The van der Waals surface area contributed by atoms with Gasteiger partial charge in [0.1, 0.15) is 6.61 Å². The molecule has 0 N–H and O–H groups in total. The lowest BCUT2D eigenvalue weighted by atomic mass is 10.6. The molecule has 0 aromatic carbocycles. The van der Waals surface area contributed by atoms with Crippen LogP contribution in [0.4, 0.5) is 22.8 Å². The monoisotopic (exact) mass is 272 g/mol. The quantitative estimate of drug-likeness (QED) is 0.707. The van der Waals surface area contributed by atoms with Gasteiger partial charge in [-0.25, -0.2) is 9.59 Å². The highest BCUT2D eigenvalue weighted by molar-refractivity contribution is 5.67. The first-order chi connectivity index (χ1) is 8.26. The van der Waals surface area contributed by atoms with Gasteiger partial charge >= 0.3 is 18.5 Å². The molecule has 0 aromatic rings. The predicted molar refractivity (Wildman–Crippen MR) is 44.9 cm³/mol. The van der Waals surface area contributed by atoms with Crippen LogP contribution in [-0.4, -0.2) is 38.0 Å². The first-order valence-corrected chi connectivity index (χ1v) is 4.36. The molecule has 0 aliphatic carbocycles. The summed E-state index contributed by atoms with van der Waals surface area (Å²) in [6.07, 6.45) is -7.34. The minimum absolute atomic E-state index is 0.0833. The van der Waals surface area contributed by atoms with Crippen molar-refractivity contribution in [3.63, 3.8) is 0 Å². The third kappa shape index (κ3) is 5.39. The highest BCUT2D eigenvalue weighted by Gasteiger charge is 2.33. The van der Waals surface area contributed by atoms with Crippen molar-refractivity contribution in [2.24, 2.45) is 0 Å². The number of hydrogen-bond acceptors (Lipinski definition) is 7. The molecule has 2 heterocycles. The van der Waals surface area contributed by atoms with Crippen molar-refractivity contribution in [2.75, 3.05) is 13.2 Å². The minimum atomic E-state index is -4.42. The molecule has 18 heavy (non-hydrogen) atoms. The van der Waals surface area contributed by atoms with E-state index >= 15 is 0 Å². The Labute approximate surface area is 98.0 Å². The number of rotatable bonds is 2. The summed E-state index contributed by atoms with van der Waals surface area (Å²) in [7, 11) is 0. The smallest absolute Gasteiger partial charge is 0.428 e. The van der Waals surface area contributed by atoms with Crippen LogP contribution in [0.2, 0.25) is 0 Å². The molecule has 0 saturated carbocycles. The molecule has 7 nitrogen and oxygen atoms in total. The van der Waals surface area contributed by atoms with Gasteiger partial charge < -0.3 is 23.7 Å². The predicted octanol–water partition coefficient (Wildman–Crippen LogP) is 1.68. The zero-order valence-electron chi connectivity index (χ0n) is 8.69. The van der Waals surface area contributed by atoms with Crippen LogP contribution in [0.1, 0.15) is 0 Å². The van der Waals surface area contributed by atoms with E-state index in [-0.39, 0.29) is 12.6 Å². The molecule has 1 atom stereocenters. The van der Waals surface area contributed by atoms with Crippen LogP contribution in [0, 0.1) is 0 Å². The van der Waals surface area contributed by atoms with E-state index in [1.807, 2.05) is 0 Å². The molecule has 10 heteroatoms. The van der Waals surface area contributed by atoms with Gasteiger partial charge in [-0.3, -0.25) is 0 Å². The van der Waals surface area contributed by atoms with Crippen molar-refractivity contribution < 1.29 is 46.4 Å². The molecule has 2 fully saturated rings. The molecule has 0 spiro atoms. The van der Waals surface area contributed by atoms with Gasteiger partial charge in [0, 0.05) is 0 Å². The van der Waals surface area contributed by atoms with Gasteiger partial charge in [-0.1, -0.05) is 0 Å². The zero-order valence-corrected chi connectivity index (χ0v) is 8.69. The SMILES string of the molecule is C=C1OC(=O)O1.O=C1OCC(OCC(F)(F)F)O1. The fourth-order valence-corrected chi connectivity index (χ4v) is 0.775. The van der Waals surface area contributed by atoms with Crippen LogP contribution in [0.25, 0.3) is 0 Å². The maximum absolute atomic E-state index is 11.5. The lowest BCUT2D eigenvalue weighted by molar-refractivity contribution is -0.209. The molecular weight excluding hydrogens is 265 g/mol. The van der Waals surface area contributed by atoms with Crippen molar-refractivity contribution in [2.45, 2.75) is 12.5 Å². The highest BCUT2D eigenvalue weighted by Crippen LogP contribution is 2.17. The lowest BCUT2D eigenvalue weighted by Crippen LogP contribution is -2.24. The van der Waals surface area contributed by atoms with Crippen LogP contribution in [0.15, 0.2) is 12.5 Å². The fourth-order valence-electron chi connectivity index (χ4n) is 0.775. The summed E-state index contributed by atoms with van der Waals surface area (Å²) < 4.78 is 55.2. The Kier molecular flexibility index (Phi) is 4.37. The van der Waals surface area contributed by atoms with Crippen molar-refractivity contribution in [3.8, 4) is 0 Å². The normalized spacial score (nSPS) is 21.7. The first kappa shape index (κ1) is 14.1. The maximum atomic E-state index is 11.5. The number of alkyl halides is 3. The Balaban J connectivity index is 0.000000225. The Hall–Kier alpha value is -1.97. The Bertz CT molecular complexity index is 329. The fraction of sp³-hybridized carbons (Fsp3) is 0.500. The highest BCUT2D eigenvalue weighted by atomic mass is 19.4. The van der Waals surface area contributed by atoms with E-state index in [0.717, 1.165) is 0 Å². The van der Waals surface area contributed by atoms with Crippen LogP contribution < -0.4 is 0 Å². The standard InChI is InChI=1S/C5H5F3O4.C3H2O3/c6-5(7,8)2-11-3-1-10-4(9)12-3;1-2-5-3(4)6-2/h3H,1-2H2;1H2. The molecular formula is C8H7F3O7. The van der Waals surface area contributed by atoms with Gasteiger partial charge in [-0.15, -0.1) is 0 Å². The first-order valence-electron chi connectivity index (χ1n) is 4.36. The van der Waals surface area contributed by atoms with E-state index in [2.05, 4.69) is 30.3 Å². The number of hydrogen-bond donors (Lipinski definition) is 0. The lowest BCUT2D eigenvalue weighted by Gasteiger charge is -2.12. The summed E-state index contributed by atoms with van der Waals surface area (Å²) in [4.78, 5) is 19.8. The van der Waals surface area contributed by atoms with Gasteiger partial charge in [0.2, 0.25) is 6.29 Å². The molecule has 1 unspecified atom stereocenters. The summed E-state index contributed by atoms with van der Waals surface area (Å²) in [5.74, 6) is 0.0833. The Morgan fingerprint density at radius 3 is 2.17 bits per heavy atom. The zero-order chi connectivity index (χ0) is 13.8. The number of carbonyl (C=O) groups excluding carboxylic acids is 2. The summed E-state index contributed by atoms with van der Waals surface area (Å²) in [6, 6.07) is 0. The van der Waals surface area contributed by atoms with Crippen molar-refractivity contribution in [1.82, 2.24) is 0 Å². The van der Waals surface area contributed by atoms with Gasteiger partial charge in [-0.2, -0.15) is 13.2 Å². The van der Waals surface area contributed by atoms with Crippen LogP contribution in [-0.2, 0) is 23.7 Å². The number of halogens is 3. The average Bonchev–Trinajstić information content (AvgIpc) is 2.60. The van der Waals surface area contributed by atoms with E-state index in [1.165, 1.54) is 0 Å². The van der Waals surface area contributed by atoms with E-state index in [0.29, 0.717) is 0 Å². The van der Waals surface area contributed by atoms with Crippen molar-refractivity contribution in [1.29, 1.82) is 0 Å². The van der Waals surface area contributed by atoms with E-state index in [9.17, 15) is 22.8 Å². The Morgan fingerprint density at radius 1 is 1.28 bits per heavy atom. The maximum Gasteiger partial charge on any atom is 0.524 e. The minimum Gasteiger partial charge on any atom is -0.428 e. The molecule has 0 bridgehead atoms. The molecule has 2 rings (SSSR count). The van der Waals surface area contributed by atoms with Crippen LogP contribution in [0.3, 0.4) is 0 Å². The number of ether oxygens (including phenoxy) is 5. The molecule has 2 aliphatic rings. The summed E-state index contributed by atoms with van der Waals surface area (Å²) in [6.45, 7) is 1.40. The second-order valence-corrected chi connectivity index (χ2v) is 2.86. The van der Waals surface area contributed by atoms with Gasteiger partial charge in [0.15, 0.2) is 6.61 Å². The molecule has 102 valence electrons. The molecule has 2 aliphatic heterocycles. The average molecular weight is 272 g/mol. The van der Waals surface area contributed by atoms with Crippen LogP contribution >= 0.6 is 0 Å². The summed E-state index contributed by atoms with van der Waals surface area (Å²) >= 11 is 0. The summed E-state index contributed by atoms with van der Waals surface area (Å²) in [5, 5.41) is 0. The molecule has 0 amide bonds. The van der Waals surface area contributed by atoms with Gasteiger partial charge in [-0.05, 0) is 6.58 Å². The molecule has 0 radical (unpaired) electrons. The molecule has 2 saturated heterocycles. The van der Waals surface area contributed by atoms with Gasteiger partial charge in [0.05, 0.1) is 0 Å². The second kappa shape index (κ2) is 5.58. The van der Waals surface area contributed by atoms with E-state index < -0.39 is 31.4 Å². The third-order valence-corrected chi connectivity index (χ3v) is 1.39. The van der Waals surface area contributed by atoms with Crippen LogP contribution in [0.5, 0.6) is 0 Å². The van der Waals surface area contributed by atoms with E-state index in [4.69, 9.17) is 0 Å². The number of cyclic esters (lactones) is 4. The van der Waals surface area contributed by atoms with E-state index in [1.54, 1.807) is 0 Å². The largest absolute Gasteiger partial charge is 0.524 e. The second-order valence-electron chi connectivity index (χ2n) is 2.86. The number of carbonyl (C=O) groups is 2. The summed E-state index contributed by atoms with van der Waals surface area (Å²) in [5.41, 5.74) is 0. The topological polar surface area (TPSA) is 80.3 Å². The molecule has 0 aromatic heterocycles. The Morgan fingerprint density at radius 2 is 1.89 bits per heavy atom. The van der Waals surface area contributed by atoms with Crippen molar-refractivity contribution >= 4 is 12.3 Å².